The molecule has 0 aromatic heterocycles. The number of hydrogen-bond donors (Lipinski definition) is 0. The number of ether oxygens (including phenoxy) is 6. The molecule has 0 bridgehead atoms. The van der Waals surface area contributed by atoms with Crippen molar-refractivity contribution in [2.75, 3.05) is 39.6 Å². The van der Waals surface area contributed by atoms with E-state index in [9.17, 15) is 28.8 Å². The summed E-state index contributed by atoms with van der Waals surface area (Å²) in [5, 5.41) is 0. The first-order chi connectivity index (χ1) is 45.1. The average molecular weight is 1350 g/mol. The van der Waals surface area contributed by atoms with E-state index in [0.29, 0.717) is 0 Å². The number of rotatable bonds is 69. The van der Waals surface area contributed by atoms with Gasteiger partial charge in [-0.1, -0.05) is 296 Å². The molecule has 0 radical (unpaired) electrons. The van der Waals surface area contributed by atoms with Gasteiger partial charge in [-0.15, -0.1) is 0 Å². The van der Waals surface area contributed by atoms with E-state index in [1.807, 2.05) is 0 Å². The topological polar surface area (TPSA) is 185 Å². The van der Waals surface area contributed by atoms with E-state index in [4.69, 9.17) is 39.8 Å². The van der Waals surface area contributed by atoms with Crippen LogP contribution in [-0.2, 0) is 68.6 Å². The van der Waals surface area contributed by atoms with Gasteiger partial charge in [0.1, 0.15) is 19.3 Å². The molecule has 16 heteroatoms. The molecule has 0 spiro atoms. The van der Waals surface area contributed by atoms with Crippen molar-refractivity contribution in [2.24, 2.45) is 35.5 Å². The third kappa shape index (κ3) is 44.0. The Hall–Kier alpha value is -2.29. The first-order valence-electron chi connectivity index (χ1n) is 39.2. The lowest BCUT2D eigenvalue weighted by atomic mass is 10.0. The monoisotopic (exact) mass is 1350 g/mol. The predicted octanol–water partition coefficient (Wildman–Crippen LogP) is 20.9. The van der Waals surface area contributed by atoms with Gasteiger partial charge >= 0.3 is 15.1 Å². The van der Waals surface area contributed by atoms with E-state index in [2.05, 4.69) is 83.1 Å². The summed E-state index contributed by atoms with van der Waals surface area (Å²) in [5.74, 6) is -10.4. The number of ketones is 3. The molecule has 0 N–H and O–H groups in total. The Morgan fingerprint density at radius 3 is 0.564 bits per heavy atom. The van der Waals surface area contributed by atoms with Crippen LogP contribution < -0.4 is 0 Å². The van der Waals surface area contributed by atoms with Crippen LogP contribution in [0.15, 0.2) is 0 Å². The summed E-state index contributed by atoms with van der Waals surface area (Å²) < 4.78 is 56.5. The van der Waals surface area contributed by atoms with Crippen molar-refractivity contribution in [3.63, 3.8) is 0 Å². The Morgan fingerprint density at radius 1 is 0.255 bits per heavy atom. The van der Waals surface area contributed by atoms with Crippen molar-refractivity contribution < 1.29 is 68.6 Å². The maximum Gasteiger partial charge on any atom is 1.20 e. The highest BCUT2D eigenvalue weighted by Gasteiger charge is 2.53. The summed E-state index contributed by atoms with van der Waals surface area (Å²) >= 11 is -4.35. The molecule has 0 aliphatic rings. The zero-order chi connectivity index (χ0) is 70.3. The predicted molar refractivity (Wildman–Crippen MR) is 383 cm³/mol. The Balaban J connectivity index is 7.38. The molecule has 6 unspecified atom stereocenters. The lowest BCUT2D eigenvalue weighted by molar-refractivity contribution is -0.238. The molecule has 0 aromatic carbocycles. The van der Waals surface area contributed by atoms with Gasteiger partial charge in [0.15, 0.2) is 0 Å². The van der Waals surface area contributed by atoms with Crippen LogP contribution in [0, 0.1) is 35.5 Å². The van der Waals surface area contributed by atoms with Crippen LogP contribution in [0.25, 0.3) is 0 Å². The molecule has 0 amide bonds. The summed E-state index contributed by atoms with van der Waals surface area (Å²) in [5.41, 5.74) is 0. The largest absolute Gasteiger partial charge is 1.20 e. The Morgan fingerprint density at radius 2 is 0.415 bits per heavy atom. The zero-order valence-electron chi connectivity index (χ0n) is 63.6. The molecular formula is C78H147AlO15. The van der Waals surface area contributed by atoms with E-state index in [1.54, 1.807) is 20.8 Å². The summed E-state index contributed by atoms with van der Waals surface area (Å²) in [6.07, 6.45) is 36.7. The van der Waals surface area contributed by atoms with Crippen molar-refractivity contribution >= 4 is 50.4 Å². The van der Waals surface area contributed by atoms with Crippen molar-refractivity contribution in [3.8, 4) is 0 Å². The van der Waals surface area contributed by atoms with Crippen molar-refractivity contribution in [1.29, 1.82) is 0 Å². The molecule has 0 saturated heterocycles. The van der Waals surface area contributed by atoms with Crippen LogP contribution in [0.5, 0.6) is 0 Å². The molecule has 15 nitrogen and oxygen atoms in total. The number of Topliss-reactive ketones (excluding diaryl/α,β-unsaturated/α-hetero) is 3. The van der Waals surface area contributed by atoms with Crippen LogP contribution in [0.2, 0.25) is 0 Å². The van der Waals surface area contributed by atoms with Crippen molar-refractivity contribution in [1.82, 2.24) is 0 Å². The number of carbonyl (C=O) groups excluding carboxylic acids is 6. The van der Waals surface area contributed by atoms with Crippen LogP contribution in [0.3, 0.4) is 0 Å². The van der Waals surface area contributed by atoms with Gasteiger partial charge in [-0.05, 0) is 74.0 Å². The Labute approximate surface area is 582 Å². The highest BCUT2D eigenvalue weighted by molar-refractivity contribution is 6.44. The molecule has 0 fully saturated rings. The molecule has 6 atom stereocenters. The lowest BCUT2D eigenvalue weighted by Gasteiger charge is -2.34. The molecule has 0 aliphatic heterocycles. The zero-order valence-corrected chi connectivity index (χ0v) is 64.8. The van der Waals surface area contributed by atoms with Gasteiger partial charge in [-0.3, -0.25) is 28.8 Å². The van der Waals surface area contributed by atoms with Crippen LogP contribution >= 0.6 is 0 Å². The van der Waals surface area contributed by atoms with Gasteiger partial charge < -0.3 is 39.8 Å². The summed E-state index contributed by atoms with van der Waals surface area (Å²) in [6, 6.07) is 0. The summed E-state index contributed by atoms with van der Waals surface area (Å²) in [6.45, 7) is 32.3. The van der Waals surface area contributed by atoms with E-state index < -0.39 is 87.0 Å². The van der Waals surface area contributed by atoms with E-state index >= 15 is 0 Å². The second kappa shape index (κ2) is 58.5. The fraction of sp³-hybridized carbons (Fsp3) is 0.923. The standard InChI is InChI=1S/3C26H50O5.Al/c3*1-6-9-11-13-15-17-22(4)20-30-26(8-3,24(27)19-25(28)29)31-21-23(5)18-16-14-12-10-7-2;/h3*22-23H,6-21H2,1-5H3,(H,28,29);/q;;;+3/p-3. The number of hydrogen-bond acceptors (Lipinski definition) is 15. The minimum Gasteiger partial charge on any atom is -0.550 e. The average Bonchev–Trinajstić information content (AvgIpc) is 0.932. The third-order valence-electron chi connectivity index (χ3n) is 18.7. The molecule has 0 aliphatic carbocycles. The Bertz CT molecular complexity index is 1620. The highest BCUT2D eigenvalue weighted by atomic mass is 27.3. The normalized spacial score (nSPS) is 15.6. The number of unbranched alkanes of at least 4 members (excludes halogenated alkanes) is 24. The van der Waals surface area contributed by atoms with E-state index in [0.717, 1.165) is 193 Å². The maximum atomic E-state index is 14.7. The molecule has 94 heavy (non-hydrogen) atoms. The highest BCUT2D eigenvalue weighted by Crippen LogP contribution is 2.31. The molecule has 0 aromatic rings. The van der Waals surface area contributed by atoms with Gasteiger partial charge in [-0.2, -0.15) is 0 Å². The van der Waals surface area contributed by atoms with E-state index in [1.165, 1.54) is 38.5 Å². The van der Waals surface area contributed by atoms with Gasteiger partial charge in [0.2, 0.25) is 34.7 Å². The minimum absolute atomic E-state index is 0.0947. The number of carbonyl (C=O) groups is 6. The van der Waals surface area contributed by atoms with Crippen LogP contribution in [-0.4, -0.2) is 107 Å². The van der Waals surface area contributed by atoms with Gasteiger partial charge in [0.25, 0.3) is 17.9 Å². The van der Waals surface area contributed by atoms with Crippen LogP contribution in [0.1, 0.15) is 374 Å². The Kier molecular flexibility index (Phi) is 57.1. The lowest BCUT2D eigenvalue weighted by Crippen LogP contribution is -2.48. The summed E-state index contributed by atoms with van der Waals surface area (Å²) in [7, 11) is 0. The smallest absolute Gasteiger partial charge is 0.550 e. The van der Waals surface area contributed by atoms with Gasteiger partial charge in [0, 0.05) is 19.3 Å². The molecule has 0 rings (SSSR count). The maximum absolute atomic E-state index is 14.7. The van der Waals surface area contributed by atoms with Crippen LogP contribution in [0.4, 0.5) is 0 Å². The van der Waals surface area contributed by atoms with Gasteiger partial charge in [0.05, 0.1) is 39.6 Å². The quantitative estimate of drug-likeness (QED) is 0.0242. The molecule has 0 saturated carbocycles. The first-order valence-corrected chi connectivity index (χ1v) is 40.6. The second-order valence-electron chi connectivity index (χ2n) is 28.6. The SMILES string of the molecule is CCCCCCCC(C)COC(CC)(OCC(C)CCCCCCC)C(=O)CC(=O)[O][Al]([O]C(=O)CC(=O)C(CC)(OCC(C)CCCCCCC)OCC(C)CCCCCCC)[O]C(=O)CC(=O)C(CC)(OCC(C)CCCCCCC)OCC(C)CCCCCCC. The van der Waals surface area contributed by atoms with Gasteiger partial charge in [-0.25, -0.2) is 0 Å². The molecular weight excluding hydrogens is 1200 g/mol. The third-order valence-corrected chi connectivity index (χ3v) is 20.0. The minimum atomic E-state index is -4.35. The molecule has 552 valence electrons. The fourth-order valence-corrected chi connectivity index (χ4v) is 12.9. The van der Waals surface area contributed by atoms with E-state index in [-0.39, 0.29) is 94.4 Å². The van der Waals surface area contributed by atoms with Crippen molar-refractivity contribution in [2.45, 2.75) is 391 Å². The first kappa shape index (κ1) is 91.7. The van der Waals surface area contributed by atoms with Crippen molar-refractivity contribution in [3.05, 3.63) is 0 Å². The molecule has 0 heterocycles. The second-order valence-corrected chi connectivity index (χ2v) is 29.9. The summed E-state index contributed by atoms with van der Waals surface area (Å²) in [4.78, 5) is 87.3. The fourth-order valence-electron chi connectivity index (χ4n) is 11.9.